The van der Waals surface area contributed by atoms with Gasteiger partial charge in [0.15, 0.2) is 0 Å². The Morgan fingerprint density at radius 1 is 1.65 bits per heavy atom. The number of rotatable bonds is 5. The van der Waals surface area contributed by atoms with Gasteiger partial charge in [0.1, 0.15) is 5.76 Å². The molecule has 0 radical (unpaired) electrons. The van der Waals surface area contributed by atoms with Gasteiger partial charge in [-0.25, -0.2) is 0 Å². The minimum atomic E-state index is 0.490. The Kier molecular flexibility index (Phi) is 4.95. The number of nitrogens with one attached hydrogen (secondary N) is 1. The molecule has 0 amide bonds. The van der Waals surface area contributed by atoms with Crippen LogP contribution in [0.5, 0.6) is 0 Å². The molecule has 0 aromatic carbocycles. The maximum Gasteiger partial charge on any atom is 0.105 e. The molecule has 3 nitrogen and oxygen atoms in total. The third kappa shape index (κ3) is 3.50. The van der Waals surface area contributed by atoms with Gasteiger partial charge in [-0.15, -0.1) is 0 Å². The monoisotopic (exact) mass is 254 g/mol. The first-order chi connectivity index (χ1) is 8.31. The van der Waals surface area contributed by atoms with Crippen LogP contribution in [0.4, 0.5) is 0 Å². The molecule has 2 unspecified atom stereocenters. The molecule has 0 bridgehead atoms. The van der Waals surface area contributed by atoms with Crippen LogP contribution in [0.1, 0.15) is 12.7 Å². The van der Waals surface area contributed by atoms with Crippen LogP contribution in [0.15, 0.2) is 22.8 Å². The molecular formula is C13H22N2OS. The second kappa shape index (κ2) is 6.47. The van der Waals surface area contributed by atoms with Gasteiger partial charge in [0.2, 0.25) is 0 Å². The molecule has 2 atom stereocenters. The van der Waals surface area contributed by atoms with E-state index in [0.29, 0.717) is 12.1 Å². The highest BCUT2D eigenvalue weighted by molar-refractivity contribution is 7.99. The van der Waals surface area contributed by atoms with Crippen LogP contribution in [-0.2, 0) is 6.42 Å². The van der Waals surface area contributed by atoms with Gasteiger partial charge in [-0.3, -0.25) is 0 Å². The van der Waals surface area contributed by atoms with Crippen LogP contribution in [0, 0.1) is 0 Å². The van der Waals surface area contributed by atoms with Crippen molar-refractivity contribution in [2.24, 2.45) is 0 Å². The van der Waals surface area contributed by atoms with E-state index in [0.717, 1.165) is 18.7 Å². The number of likely N-dealkylation sites (N-methyl/N-ethyl adjacent to an activating group) is 2. The van der Waals surface area contributed by atoms with Crippen molar-refractivity contribution in [3.8, 4) is 0 Å². The highest BCUT2D eigenvalue weighted by atomic mass is 32.2. The summed E-state index contributed by atoms with van der Waals surface area (Å²) >= 11 is 2.06. The molecule has 1 aromatic heterocycles. The van der Waals surface area contributed by atoms with Gasteiger partial charge in [-0.2, -0.15) is 11.8 Å². The van der Waals surface area contributed by atoms with Crippen LogP contribution in [0.25, 0.3) is 0 Å². The smallest absolute Gasteiger partial charge is 0.105 e. The molecule has 1 N–H and O–H groups in total. The fourth-order valence-corrected chi connectivity index (χ4v) is 3.69. The number of hydrogen-bond donors (Lipinski definition) is 1. The van der Waals surface area contributed by atoms with Crippen molar-refractivity contribution in [3.05, 3.63) is 24.2 Å². The molecule has 2 heterocycles. The highest BCUT2D eigenvalue weighted by Gasteiger charge is 2.28. The molecule has 17 heavy (non-hydrogen) atoms. The normalized spacial score (nSPS) is 23.8. The molecular weight excluding hydrogens is 232 g/mol. The van der Waals surface area contributed by atoms with Gasteiger partial charge in [-0.05, 0) is 25.7 Å². The molecule has 0 aliphatic carbocycles. The van der Waals surface area contributed by atoms with Gasteiger partial charge in [-0.1, -0.05) is 6.92 Å². The number of nitrogens with zero attached hydrogens (tertiary/aromatic N) is 1. The Morgan fingerprint density at radius 3 is 3.18 bits per heavy atom. The fraction of sp³-hybridized carbons (Fsp3) is 0.692. The summed E-state index contributed by atoms with van der Waals surface area (Å²) in [6.07, 6.45) is 2.74. The molecule has 1 aromatic rings. The third-order valence-corrected chi connectivity index (χ3v) is 4.42. The van der Waals surface area contributed by atoms with E-state index in [9.17, 15) is 0 Å². The van der Waals surface area contributed by atoms with E-state index in [1.165, 1.54) is 18.1 Å². The van der Waals surface area contributed by atoms with Crippen LogP contribution < -0.4 is 5.32 Å². The lowest BCUT2D eigenvalue weighted by Crippen LogP contribution is -2.53. The van der Waals surface area contributed by atoms with E-state index >= 15 is 0 Å². The van der Waals surface area contributed by atoms with E-state index in [1.807, 2.05) is 6.07 Å². The van der Waals surface area contributed by atoms with E-state index in [-0.39, 0.29) is 0 Å². The molecule has 1 aliphatic rings. The summed E-state index contributed by atoms with van der Waals surface area (Å²) in [5, 5.41) is 3.61. The average molecular weight is 254 g/mol. The van der Waals surface area contributed by atoms with E-state index in [4.69, 9.17) is 4.42 Å². The minimum Gasteiger partial charge on any atom is -0.469 e. The average Bonchev–Trinajstić information content (AvgIpc) is 2.82. The standard InChI is InChI=1S/C13H22N2OS/c1-3-14-12(9-11-5-4-7-16-11)13-10-17-8-6-15(13)2/h4-5,7,12-14H,3,6,8-10H2,1-2H3. The van der Waals surface area contributed by atoms with Gasteiger partial charge >= 0.3 is 0 Å². The quantitative estimate of drug-likeness (QED) is 0.868. The summed E-state index contributed by atoms with van der Waals surface area (Å²) in [5.74, 6) is 3.56. The van der Waals surface area contributed by atoms with Crippen molar-refractivity contribution >= 4 is 11.8 Å². The van der Waals surface area contributed by atoms with Crippen molar-refractivity contribution in [2.75, 3.05) is 31.6 Å². The predicted octanol–water partition coefficient (Wildman–Crippen LogP) is 1.85. The zero-order valence-corrected chi connectivity index (χ0v) is 11.5. The Labute approximate surface area is 108 Å². The summed E-state index contributed by atoms with van der Waals surface area (Å²) in [6.45, 7) is 4.38. The van der Waals surface area contributed by atoms with Crippen LogP contribution >= 0.6 is 11.8 Å². The van der Waals surface area contributed by atoms with Gasteiger partial charge in [0.05, 0.1) is 6.26 Å². The van der Waals surface area contributed by atoms with Crippen LogP contribution in [-0.4, -0.2) is 48.6 Å². The zero-order valence-electron chi connectivity index (χ0n) is 10.7. The Bertz CT molecular complexity index is 315. The first-order valence-electron chi connectivity index (χ1n) is 6.35. The lowest BCUT2D eigenvalue weighted by Gasteiger charge is -2.37. The zero-order chi connectivity index (χ0) is 12.1. The number of hydrogen-bond acceptors (Lipinski definition) is 4. The first kappa shape index (κ1) is 13.0. The molecule has 1 fully saturated rings. The summed E-state index contributed by atoms with van der Waals surface area (Å²) < 4.78 is 5.47. The maximum atomic E-state index is 5.47. The Hall–Kier alpha value is -0.450. The van der Waals surface area contributed by atoms with Crippen LogP contribution in [0.2, 0.25) is 0 Å². The van der Waals surface area contributed by atoms with Gasteiger partial charge in [0.25, 0.3) is 0 Å². The van der Waals surface area contributed by atoms with Gasteiger partial charge < -0.3 is 14.6 Å². The van der Waals surface area contributed by atoms with E-state index in [2.05, 4.69) is 42.0 Å². The summed E-state index contributed by atoms with van der Waals surface area (Å²) in [5.41, 5.74) is 0. The van der Waals surface area contributed by atoms with Crippen molar-refractivity contribution < 1.29 is 4.42 Å². The summed E-state index contributed by atoms with van der Waals surface area (Å²) in [4.78, 5) is 2.48. The van der Waals surface area contributed by atoms with Crippen molar-refractivity contribution in [2.45, 2.75) is 25.4 Å². The molecule has 0 saturated carbocycles. The Balaban J connectivity index is 1.99. The molecule has 1 saturated heterocycles. The van der Waals surface area contributed by atoms with E-state index < -0.39 is 0 Å². The number of furan rings is 1. The van der Waals surface area contributed by atoms with Gasteiger partial charge in [0, 0.05) is 36.6 Å². The first-order valence-corrected chi connectivity index (χ1v) is 7.50. The predicted molar refractivity (Wildman–Crippen MR) is 73.6 cm³/mol. The maximum absolute atomic E-state index is 5.47. The second-order valence-corrected chi connectivity index (χ2v) is 5.72. The molecule has 2 rings (SSSR count). The molecule has 0 spiro atoms. The van der Waals surface area contributed by atoms with Crippen LogP contribution in [0.3, 0.4) is 0 Å². The topological polar surface area (TPSA) is 28.4 Å². The third-order valence-electron chi connectivity index (χ3n) is 3.38. The van der Waals surface area contributed by atoms with E-state index in [1.54, 1.807) is 6.26 Å². The SMILES string of the molecule is CCNC(Cc1ccco1)C1CSCCN1C. The second-order valence-electron chi connectivity index (χ2n) is 4.57. The lowest BCUT2D eigenvalue weighted by atomic mass is 10.0. The number of thioether (sulfide) groups is 1. The summed E-state index contributed by atoms with van der Waals surface area (Å²) in [6, 6.07) is 5.14. The summed E-state index contributed by atoms with van der Waals surface area (Å²) in [7, 11) is 2.23. The minimum absolute atomic E-state index is 0.490. The van der Waals surface area contributed by atoms with Crippen molar-refractivity contribution in [1.29, 1.82) is 0 Å². The lowest BCUT2D eigenvalue weighted by molar-refractivity contribution is 0.210. The largest absolute Gasteiger partial charge is 0.469 e. The Morgan fingerprint density at radius 2 is 2.53 bits per heavy atom. The fourth-order valence-electron chi connectivity index (χ4n) is 2.38. The van der Waals surface area contributed by atoms with Crippen molar-refractivity contribution in [3.63, 3.8) is 0 Å². The van der Waals surface area contributed by atoms with Crippen molar-refractivity contribution in [1.82, 2.24) is 10.2 Å². The molecule has 1 aliphatic heterocycles. The molecule has 4 heteroatoms. The highest BCUT2D eigenvalue weighted by Crippen LogP contribution is 2.19. The molecule has 96 valence electrons.